The zero-order valence-electron chi connectivity index (χ0n) is 18.4. The van der Waals surface area contributed by atoms with Crippen molar-refractivity contribution in [1.82, 2.24) is 0 Å². The molecule has 0 saturated carbocycles. The maximum Gasteiger partial charge on any atom is 0.262 e. The summed E-state index contributed by atoms with van der Waals surface area (Å²) in [5, 5.41) is 2.69. The Morgan fingerprint density at radius 1 is 0.882 bits per heavy atom. The number of hydrogen-bond acceptors (Lipinski definition) is 6. The van der Waals surface area contributed by atoms with E-state index in [0.717, 1.165) is 11.8 Å². The molecule has 34 heavy (non-hydrogen) atoms. The van der Waals surface area contributed by atoms with Crippen LogP contribution in [0.1, 0.15) is 15.9 Å². The third-order valence-corrected chi connectivity index (χ3v) is 6.83. The molecule has 0 aliphatic heterocycles. The van der Waals surface area contributed by atoms with E-state index in [1.165, 1.54) is 49.6 Å². The number of methoxy groups -OCH3 is 1. The molecule has 0 bridgehead atoms. The first-order chi connectivity index (χ1) is 15.9. The molecule has 3 rings (SSSR count). The van der Waals surface area contributed by atoms with Crippen molar-refractivity contribution in [2.24, 2.45) is 0 Å². The molecule has 0 radical (unpaired) electrons. The molecule has 0 spiro atoms. The van der Waals surface area contributed by atoms with Gasteiger partial charge in [0.1, 0.15) is 5.75 Å². The highest BCUT2D eigenvalue weighted by atomic mass is 35.5. The highest BCUT2D eigenvalue weighted by Gasteiger charge is 2.17. The van der Waals surface area contributed by atoms with Crippen molar-refractivity contribution in [2.75, 3.05) is 28.1 Å². The molecule has 3 aromatic rings. The summed E-state index contributed by atoms with van der Waals surface area (Å²) < 4.78 is 58.3. The van der Waals surface area contributed by atoms with Gasteiger partial charge in [0.2, 0.25) is 10.0 Å². The minimum Gasteiger partial charge on any atom is -0.495 e. The van der Waals surface area contributed by atoms with E-state index < -0.39 is 26.0 Å². The zero-order valence-corrected chi connectivity index (χ0v) is 20.8. The normalized spacial score (nSPS) is 11.5. The van der Waals surface area contributed by atoms with Gasteiger partial charge in [-0.15, -0.1) is 0 Å². The third-order valence-electron chi connectivity index (χ3n) is 4.55. The number of aryl methyl sites for hydroxylation is 1. The Hall–Kier alpha value is -3.28. The van der Waals surface area contributed by atoms with E-state index in [1.807, 2.05) is 6.92 Å². The van der Waals surface area contributed by atoms with Gasteiger partial charge in [-0.2, -0.15) is 0 Å². The van der Waals surface area contributed by atoms with E-state index in [0.29, 0.717) is 17.1 Å². The summed E-state index contributed by atoms with van der Waals surface area (Å²) in [5.74, 6) is -0.125. The molecular weight excluding hydrogens is 502 g/mol. The van der Waals surface area contributed by atoms with Crippen molar-refractivity contribution < 1.29 is 26.4 Å². The molecule has 0 aromatic heterocycles. The lowest BCUT2D eigenvalue weighted by atomic mass is 10.2. The zero-order chi connectivity index (χ0) is 25.1. The van der Waals surface area contributed by atoms with Crippen molar-refractivity contribution in [3.8, 4) is 5.75 Å². The topological polar surface area (TPSA) is 131 Å². The molecule has 0 heterocycles. The average molecular weight is 524 g/mol. The first kappa shape index (κ1) is 25.3. The highest BCUT2D eigenvalue weighted by molar-refractivity contribution is 7.92. The summed E-state index contributed by atoms with van der Waals surface area (Å²) in [7, 11) is -5.97. The van der Waals surface area contributed by atoms with Crippen molar-refractivity contribution in [3.63, 3.8) is 0 Å². The Morgan fingerprint density at radius 3 is 2.15 bits per heavy atom. The summed E-state index contributed by atoms with van der Waals surface area (Å²) in [6, 6.07) is 14.8. The van der Waals surface area contributed by atoms with Crippen LogP contribution in [0.2, 0.25) is 5.02 Å². The maximum atomic E-state index is 12.8. The number of benzene rings is 3. The number of ether oxygens (including phenoxy) is 1. The summed E-state index contributed by atoms with van der Waals surface area (Å²) >= 11 is 6.06. The van der Waals surface area contributed by atoms with Gasteiger partial charge in [-0.25, -0.2) is 16.8 Å². The first-order valence-corrected chi connectivity index (χ1v) is 13.5. The minimum absolute atomic E-state index is 0.00620. The van der Waals surface area contributed by atoms with Gasteiger partial charge < -0.3 is 10.1 Å². The van der Waals surface area contributed by atoms with Gasteiger partial charge in [-0.05, 0) is 67.1 Å². The molecule has 1 amide bonds. The fourth-order valence-corrected chi connectivity index (χ4v) is 4.89. The van der Waals surface area contributed by atoms with Gasteiger partial charge >= 0.3 is 0 Å². The molecule has 9 nitrogen and oxygen atoms in total. The van der Waals surface area contributed by atoms with Crippen LogP contribution in [0.15, 0.2) is 65.6 Å². The molecule has 12 heteroatoms. The van der Waals surface area contributed by atoms with Crippen LogP contribution in [-0.4, -0.2) is 36.1 Å². The molecule has 0 aliphatic carbocycles. The second-order valence-electron chi connectivity index (χ2n) is 7.36. The number of carbonyl (C=O) groups excluding carboxylic acids is 1. The predicted molar refractivity (Wildman–Crippen MR) is 133 cm³/mol. The summed E-state index contributed by atoms with van der Waals surface area (Å²) in [4.78, 5) is 12.5. The van der Waals surface area contributed by atoms with E-state index in [1.54, 1.807) is 18.2 Å². The van der Waals surface area contributed by atoms with Gasteiger partial charge in [0, 0.05) is 11.3 Å². The fraction of sp³-hybridized carbons (Fsp3) is 0.136. The number of anilines is 3. The summed E-state index contributed by atoms with van der Waals surface area (Å²) in [6.07, 6.45) is 0.987. The van der Waals surface area contributed by atoms with Gasteiger partial charge in [-0.1, -0.05) is 17.7 Å². The van der Waals surface area contributed by atoms with Crippen LogP contribution in [0.4, 0.5) is 17.1 Å². The Labute approximate surface area is 203 Å². The Kier molecular flexibility index (Phi) is 7.39. The van der Waals surface area contributed by atoms with Crippen LogP contribution in [0, 0.1) is 6.92 Å². The van der Waals surface area contributed by atoms with Crippen LogP contribution >= 0.6 is 11.6 Å². The second kappa shape index (κ2) is 9.92. The highest BCUT2D eigenvalue weighted by Crippen LogP contribution is 2.28. The Balaban J connectivity index is 1.74. The lowest BCUT2D eigenvalue weighted by molar-refractivity contribution is 0.102. The SMILES string of the molecule is COc1ccc(C)cc1NS(=O)(=O)c1ccc(NC(=O)c2ccc(NS(C)(=O)=O)c(Cl)c2)cc1. The molecule has 0 atom stereocenters. The van der Waals surface area contributed by atoms with Crippen LogP contribution < -0.4 is 19.5 Å². The number of amides is 1. The fourth-order valence-electron chi connectivity index (χ4n) is 2.96. The van der Waals surface area contributed by atoms with E-state index in [4.69, 9.17) is 16.3 Å². The van der Waals surface area contributed by atoms with Gasteiger partial charge in [0.25, 0.3) is 15.9 Å². The molecule has 0 saturated heterocycles. The quantitative estimate of drug-likeness (QED) is 0.408. The largest absolute Gasteiger partial charge is 0.495 e. The lowest BCUT2D eigenvalue weighted by Gasteiger charge is -2.13. The molecule has 0 aliphatic rings. The molecule has 0 unspecified atom stereocenters. The standard InChI is InChI=1S/C22H22ClN3O6S2/c1-14-4-11-21(32-2)20(12-14)26-34(30,31)17-8-6-16(7-9-17)24-22(27)15-5-10-19(18(23)13-15)25-33(3,28)29/h4-13,25-26H,1-3H3,(H,24,27). The monoisotopic (exact) mass is 523 g/mol. The van der Waals surface area contributed by atoms with E-state index in [-0.39, 0.29) is 21.2 Å². The third kappa shape index (κ3) is 6.40. The number of sulfonamides is 2. The average Bonchev–Trinajstić information content (AvgIpc) is 2.74. The smallest absolute Gasteiger partial charge is 0.262 e. The van der Waals surface area contributed by atoms with E-state index in [9.17, 15) is 21.6 Å². The van der Waals surface area contributed by atoms with E-state index in [2.05, 4.69) is 14.8 Å². The second-order valence-corrected chi connectivity index (χ2v) is 11.2. The van der Waals surface area contributed by atoms with Crippen LogP contribution in [-0.2, 0) is 20.0 Å². The number of nitrogens with one attached hydrogen (secondary N) is 3. The lowest BCUT2D eigenvalue weighted by Crippen LogP contribution is -2.15. The maximum absolute atomic E-state index is 12.8. The van der Waals surface area contributed by atoms with Crippen molar-refractivity contribution in [3.05, 3.63) is 76.8 Å². The van der Waals surface area contributed by atoms with Crippen LogP contribution in [0.5, 0.6) is 5.75 Å². The van der Waals surface area contributed by atoms with E-state index >= 15 is 0 Å². The van der Waals surface area contributed by atoms with Crippen molar-refractivity contribution >= 4 is 54.6 Å². The number of halogens is 1. The van der Waals surface area contributed by atoms with Gasteiger partial charge in [0.05, 0.1) is 34.7 Å². The molecule has 3 aromatic carbocycles. The Morgan fingerprint density at radius 2 is 1.56 bits per heavy atom. The molecule has 180 valence electrons. The first-order valence-electron chi connectivity index (χ1n) is 9.74. The number of hydrogen-bond donors (Lipinski definition) is 3. The van der Waals surface area contributed by atoms with Gasteiger partial charge in [0.15, 0.2) is 0 Å². The molecule has 3 N–H and O–H groups in total. The Bertz CT molecular complexity index is 1440. The van der Waals surface area contributed by atoms with Crippen molar-refractivity contribution in [1.29, 1.82) is 0 Å². The van der Waals surface area contributed by atoms with Crippen LogP contribution in [0.3, 0.4) is 0 Å². The minimum atomic E-state index is -3.90. The number of carbonyl (C=O) groups is 1. The summed E-state index contributed by atoms with van der Waals surface area (Å²) in [5.41, 5.74) is 1.86. The van der Waals surface area contributed by atoms with Crippen molar-refractivity contribution in [2.45, 2.75) is 11.8 Å². The molecule has 0 fully saturated rings. The predicted octanol–water partition coefficient (Wildman–Crippen LogP) is 4.08. The summed E-state index contributed by atoms with van der Waals surface area (Å²) in [6.45, 7) is 1.83. The van der Waals surface area contributed by atoms with Crippen LogP contribution in [0.25, 0.3) is 0 Å². The van der Waals surface area contributed by atoms with Gasteiger partial charge in [-0.3, -0.25) is 14.2 Å². The molecular formula is C22H22ClN3O6S2. The number of rotatable bonds is 8.